The Hall–Kier alpha value is -1.62. The quantitative estimate of drug-likeness (QED) is 0.627. The third-order valence-electron chi connectivity index (χ3n) is 3.68. The van der Waals surface area contributed by atoms with E-state index in [0.717, 1.165) is 37.9 Å². The summed E-state index contributed by atoms with van der Waals surface area (Å²) in [6.45, 7) is 2.02. The summed E-state index contributed by atoms with van der Waals surface area (Å²) >= 11 is 6.00. The van der Waals surface area contributed by atoms with Gasteiger partial charge in [-0.25, -0.2) is 4.39 Å². The fraction of sp³-hybridized carbons (Fsp3) is 0.368. The zero-order valence-electron chi connectivity index (χ0n) is 13.6. The summed E-state index contributed by atoms with van der Waals surface area (Å²) in [5.74, 6) is 0.331. The molecule has 2 rings (SSSR count). The first-order chi connectivity index (χ1) is 11.7. The average Bonchev–Trinajstić information content (AvgIpc) is 2.58. The Morgan fingerprint density at radius 2 is 1.92 bits per heavy atom. The number of benzene rings is 2. The Kier molecular flexibility index (Phi) is 8.02. The van der Waals surface area contributed by atoms with Gasteiger partial charge in [0.1, 0.15) is 18.2 Å². The molecule has 0 spiro atoms. The van der Waals surface area contributed by atoms with Crippen molar-refractivity contribution in [2.75, 3.05) is 13.2 Å². The van der Waals surface area contributed by atoms with Gasteiger partial charge in [0.05, 0.1) is 5.02 Å². The third kappa shape index (κ3) is 6.11. The van der Waals surface area contributed by atoms with E-state index in [-0.39, 0.29) is 19.0 Å². The second kappa shape index (κ2) is 10.3. The van der Waals surface area contributed by atoms with Gasteiger partial charge < -0.3 is 15.2 Å². The number of unbranched alkanes of at least 4 members (excludes halogenated alkanes) is 2. The number of hydrogen-bond acceptors (Lipinski definition) is 3. The normalized spacial score (nSPS) is 10.8. The molecule has 2 aromatic carbocycles. The predicted molar refractivity (Wildman–Crippen MR) is 94.8 cm³/mol. The van der Waals surface area contributed by atoms with Crippen LogP contribution in [0.1, 0.15) is 30.4 Å². The molecule has 0 bridgehead atoms. The zero-order chi connectivity index (χ0) is 17.2. The summed E-state index contributed by atoms with van der Waals surface area (Å²) in [6.07, 6.45) is 2.92. The molecule has 0 aromatic heterocycles. The lowest BCUT2D eigenvalue weighted by Crippen LogP contribution is -2.14. The van der Waals surface area contributed by atoms with Crippen LogP contribution in [0.25, 0.3) is 0 Å². The Labute approximate surface area is 147 Å². The monoisotopic (exact) mass is 351 g/mol. The summed E-state index contributed by atoms with van der Waals surface area (Å²) in [5.41, 5.74) is 1.47. The van der Waals surface area contributed by atoms with Gasteiger partial charge in [0.15, 0.2) is 0 Å². The van der Waals surface area contributed by atoms with Crippen LogP contribution in [0.2, 0.25) is 5.02 Å². The van der Waals surface area contributed by atoms with Crippen LogP contribution in [-0.4, -0.2) is 18.3 Å². The van der Waals surface area contributed by atoms with Gasteiger partial charge in [0, 0.05) is 18.7 Å². The van der Waals surface area contributed by atoms with Crippen LogP contribution in [0.15, 0.2) is 42.5 Å². The number of ether oxygens (including phenoxy) is 1. The first kappa shape index (κ1) is 18.7. The van der Waals surface area contributed by atoms with Crippen molar-refractivity contribution in [1.29, 1.82) is 0 Å². The molecule has 0 saturated carbocycles. The van der Waals surface area contributed by atoms with Crippen LogP contribution < -0.4 is 10.1 Å². The maximum Gasteiger partial charge on any atom is 0.131 e. The van der Waals surface area contributed by atoms with Crippen LogP contribution >= 0.6 is 11.6 Å². The zero-order valence-corrected chi connectivity index (χ0v) is 14.4. The second-order valence-electron chi connectivity index (χ2n) is 5.60. The molecule has 2 N–H and O–H groups in total. The first-order valence-corrected chi connectivity index (χ1v) is 8.54. The van der Waals surface area contributed by atoms with Gasteiger partial charge in [-0.1, -0.05) is 29.8 Å². The van der Waals surface area contributed by atoms with E-state index in [0.29, 0.717) is 16.3 Å². The van der Waals surface area contributed by atoms with Crippen LogP contribution in [0.5, 0.6) is 5.75 Å². The fourth-order valence-corrected chi connectivity index (χ4v) is 2.56. The minimum absolute atomic E-state index is 0.101. The summed E-state index contributed by atoms with van der Waals surface area (Å²) in [4.78, 5) is 0. The molecular weight excluding hydrogens is 329 g/mol. The number of nitrogens with one attached hydrogen (secondary N) is 1. The molecule has 0 radical (unpaired) electrons. The van der Waals surface area contributed by atoms with Crippen molar-refractivity contribution in [3.63, 3.8) is 0 Å². The molecule has 0 fully saturated rings. The molecule has 0 heterocycles. The van der Waals surface area contributed by atoms with E-state index in [1.54, 1.807) is 12.1 Å². The number of hydrogen-bond donors (Lipinski definition) is 2. The molecular formula is C19H23ClFNO2. The van der Waals surface area contributed by atoms with Gasteiger partial charge in [-0.15, -0.1) is 0 Å². The van der Waals surface area contributed by atoms with Gasteiger partial charge in [-0.3, -0.25) is 0 Å². The smallest absolute Gasteiger partial charge is 0.131 e. The lowest BCUT2D eigenvalue weighted by molar-refractivity contribution is 0.283. The number of rotatable bonds is 10. The van der Waals surface area contributed by atoms with Crippen molar-refractivity contribution in [1.82, 2.24) is 5.32 Å². The summed E-state index contributed by atoms with van der Waals surface area (Å²) in [7, 11) is 0. The third-order valence-corrected chi connectivity index (χ3v) is 4.04. The van der Waals surface area contributed by atoms with E-state index in [2.05, 4.69) is 5.32 Å². The van der Waals surface area contributed by atoms with E-state index >= 15 is 0 Å². The van der Waals surface area contributed by atoms with Crippen molar-refractivity contribution in [3.05, 3.63) is 64.4 Å². The molecule has 2 aromatic rings. The number of aliphatic hydroxyl groups excluding tert-OH is 1. The van der Waals surface area contributed by atoms with E-state index < -0.39 is 0 Å². The van der Waals surface area contributed by atoms with Gasteiger partial charge in [0.2, 0.25) is 0 Å². The van der Waals surface area contributed by atoms with Gasteiger partial charge in [0.25, 0.3) is 0 Å². The summed E-state index contributed by atoms with van der Waals surface area (Å²) in [6, 6.07) is 12.3. The van der Waals surface area contributed by atoms with Gasteiger partial charge in [-0.2, -0.15) is 0 Å². The van der Waals surface area contributed by atoms with Gasteiger partial charge >= 0.3 is 0 Å². The topological polar surface area (TPSA) is 41.5 Å². The molecule has 0 aliphatic rings. The van der Waals surface area contributed by atoms with Crippen molar-refractivity contribution in [2.24, 2.45) is 0 Å². The highest BCUT2D eigenvalue weighted by Gasteiger charge is 2.07. The van der Waals surface area contributed by atoms with Crippen molar-refractivity contribution < 1.29 is 14.2 Å². The molecule has 0 atom stereocenters. The molecule has 0 aliphatic carbocycles. The minimum Gasteiger partial charge on any atom is -0.489 e. The molecule has 3 nitrogen and oxygen atoms in total. The van der Waals surface area contributed by atoms with E-state index in [9.17, 15) is 4.39 Å². The van der Waals surface area contributed by atoms with Crippen molar-refractivity contribution >= 4 is 11.6 Å². The summed E-state index contributed by atoms with van der Waals surface area (Å²) in [5, 5.41) is 12.5. The first-order valence-electron chi connectivity index (χ1n) is 8.17. The number of aliphatic hydroxyl groups is 1. The Balaban J connectivity index is 1.82. The molecule has 0 unspecified atom stereocenters. The molecule has 5 heteroatoms. The molecule has 24 heavy (non-hydrogen) atoms. The van der Waals surface area contributed by atoms with Crippen molar-refractivity contribution in [3.8, 4) is 5.75 Å². The highest BCUT2D eigenvalue weighted by atomic mass is 35.5. The average molecular weight is 352 g/mol. The SMILES string of the molecule is OCCCCCNCc1cccc(OCc2c(F)cccc2Cl)c1. The lowest BCUT2D eigenvalue weighted by atomic mass is 10.2. The van der Waals surface area contributed by atoms with Crippen LogP contribution in [0, 0.1) is 5.82 Å². The molecule has 0 amide bonds. The highest BCUT2D eigenvalue weighted by Crippen LogP contribution is 2.22. The van der Waals surface area contributed by atoms with E-state index in [4.69, 9.17) is 21.4 Å². The highest BCUT2D eigenvalue weighted by molar-refractivity contribution is 6.31. The standard InChI is InChI=1S/C19H23ClFNO2/c20-18-8-5-9-19(21)17(18)14-24-16-7-4-6-15(12-16)13-22-10-2-1-3-11-23/h4-9,12,22-23H,1-3,10-11,13-14H2. The van der Waals surface area contributed by atoms with Crippen LogP contribution in [0.3, 0.4) is 0 Å². The Morgan fingerprint density at radius 3 is 2.71 bits per heavy atom. The van der Waals surface area contributed by atoms with Gasteiger partial charge in [-0.05, 0) is 55.6 Å². The minimum atomic E-state index is -0.358. The molecule has 0 saturated heterocycles. The fourth-order valence-electron chi connectivity index (χ4n) is 2.34. The maximum absolute atomic E-state index is 13.7. The molecule has 130 valence electrons. The maximum atomic E-state index is 13.7. The van der Waals surface area contributed by atoms with E-state index in [1.165, 1.54) is 6.07 Å². The van der Waals surface area contributed by atoms with E-state index in [1.807, 2.05) is 24.3 Å². The van der Waals surface area contributed by atoms with Crippen LogP contribution in [-0.2, 0) is 13.2 Å². The largest absolute Gasteiger partial charge is 0.489 e. The molecule has 0 aliphatic heterocycles. The Bertz CT molecular complexity index is 616. The van der Waals surface area contributed by atoms with Crippen molar-refractivity contribution in [2.45, 2.75) is 32.4 Å². The predicted octanol–water partition coefficient (Wildman–Crippen LogP) is 4.31. The lowest BCUT2D eigenvalue weighted by Gasteiger charge is -2.10. The Morgan fingerprint density at radius 1 is 1.08 bits per heavy atom. The summed E-state index contributed by atoms with van der Waals surface area (Å²) < 4.78 is 19.4. The number of halogens is 2. The second-order valence-corrected chi connectivity index (χ2v) is 6.00. The van der Waals surface area contributed by atoms with Crippen LogP contribution in [0.4, 0.5) is 4.39 Å².